The third kappa shape index (κ3) is 3.36. The van der Waals surface area contributed by atoms with Gasteiger partial charge in [-0.2, -0.15) is 0 Å². The number of ether oxygens (including phenoxy) is 1. The third-order valence-electron chi connectivity index (χ3n) is 8.57. The predicted octanol–water partition coefficient (Wildman–Crippen LogP) is 4.32. The molecule has 1 saturated carbocycles. The van der Waals surface area contributed by atoms with E-state index in [4.69, 9.17) is 27.9 Å². The zero-order chi connectivity index (χ0) is 27.9. The van der Waals surface area contributed by atoms with Crippen molar-refractivity contribution in [3.8, 4) is 11.5 Å². The Hall–Kier alpha value is -2.88. The summed E-state index contributed by atoms with van der Waals surface area (Å²) in [6, 6.07) is 13.2. The van der Waals surface area contributed by atoms with Gasteiger partial charge in [-0.15, -0.1) is 23.2 Å². The Morgan fingerprint density at radius 3 is 2.41 bits per heavy atom. The minimum atomic E-state index is -2.00. The van der Waals surface area contributed by atoms with E-state index >= 15 is 0 Å². The highest BCUT2D eigenvalue weighted by atomic mass is 79.9. The average molecular weight is 634 g/mol. The van der Waals surface area contributed by atoms with Crippen LogP contribution in [0.4, 0.5) is 5.69 Å². The second kappa shape index (κ2) is 9.08. The number of anilines is 1. The maximum Gasteiger partial charge on any atom is 0.254 e. The van der Waals surface area contributed by atoms with Gasteiger partial charge in [0.1, 0.15) is 11.5 Å². The van der Waals surface area contributed by atoms with Crippen molar-refractivity contribution in [1.29, 1.82) is 0 Å². The highest BCUT2D eigenvalue weighted by molar-refractivity contribution is 9.09. The predicted molar refractivity (Wildman–Crippen MR) is 147 cm³/mol. The number of benzene rings is 2. The summed E-state index contributed by atoms with van der Waals surface area (Å²) < 4.78 is 5.38. The van der Waals surface area contributed by atoms with Gasteiger partial charge in [-0.05, 0) is 49.1 Å². The van der Waals surface area contributed by atoms with Crippen LogP contribution in [0.25, 0.3) is 0 Å². The lowest BCUT2D eigenvalue weighted by Gasteiger charge is -2.50. The van der Waals surface area contributed by atoms with Crippen LogP contribution in [0.5, 0.6) is 11.5 Å². The van der Waals surface area contributed by atoms with Crippen LogP contribution in [-0.2, 0) is 19.2 Å². The summed E-state index contributed by atoms with van der Waals surface area (Å²) in [4.78, 5) is 53.1. The minimum absolute atomic E-state index is 0.123. The summed E-state index contributed by atoms with van der Waals surface area (Å²) in [6.07, 6.45) is 1.93. The van der Waals surface area contributed by atoms with Crippen LogP contribution in [0.1, 0.15) is 24.3 Å². The first kappa shape index (κ1) is 26.3. The molecule has 0 unspecified atom stereocenters. The Morgan fingerprint density at radius 2 is 1.74 bits per heavy atom. The molecule has 0 radical (unpaired) electrons. The van der Waals surface area contributed by atoms with E-state index in [0.717, 1.165) is 4.90 Å². The molecule has 6 atom stereocenters. The number of imide groups is 2. The second-order valence-electron chi connectivity index (χ2n) is 10.3. The van der Waals surface area contributed by atoms with Crippen LogP contribution >= 0.6 is 39.1 Å². The van der Waals surface area contributed by atoms with Gasteiger partial charge in [0.15, 0.2) is 9.75 Å². The molecule has 2 heterocycles. The number of rotatable bonds is 4. The average Bonchev–Trinajstić information content (AvgIpc) is 3.27. The number of hydrogen-bond donors (Lipinski definition) is 1. The number of aromatic hydroxyl groups is 1. The van der Waals surface area contributed by atoms with Crippen LogP contribution < -0.4 is 9.64 Å². The van der Waals surface area contributed by atoms with Crippen molar-refractivity contribution in [2.75, 3.05) is 17.5 Å². The molecule has 4 amide bonds. The molecular weight excluding hydrogens is 611 g/mol. The number of fused-ring (bicyclic) bond motifs is 4. The molecule has 0 aromatic heterocycles. The molecule has 39 heavy (non-hydrogen) atoms. The first-order valence-electron chi connectivity index (χ1n) is 12.4. The van der Waals surface area contributed by atoms with Gasteiger partial charge < -0.3 is 9.84 Å². The number of allylic oxidation sites excluding steroid dienone is 2. The fourth-order valence-corrected chi connectivity index (χ4v) is 8.24. The largest absolute Gasteiger partial charge is 0.508 e. The first-order valence-corrected chi connectivity index (χ1v) is 14.3. The molecule has 6 rings (SSSR count). The highest BCUT2D eigenvalue weighted by Gasteiger charge is 2.76. The standard InChI is InChI=1S/C28H23BrCl2N2O6/c1-39-15-7-10-20(34)18(11-15)22-16-8-9-17-21(24(36)33(23(17)35)14-5-3-2-4-6-14)19(16)12-27(30)25(37)32(13-29)26(38)28(22,27)31/h2-8,10-11,17,19,21-22,34H,9,12-13H2,1H3/t17-,19+,21-,22+,27+,28-/m0/s1. The number of likely N-dealkylation sites (tertiary alicyclic amines) is 1. The summed E-state index contributed by atoms with van der Waals surface area (Å²) in [5.41, 5.74) is 1.18. The van der Waals surface area contributed by atoms with E-state index in [2.05, 4.69) is 15.9 Å². The number of carbonyl (C=O) groups is 4. The van der Waals surface area contributed by atoms with Gasteiger partial charge in [0.25, 0.3) is 11.8 Å². The molecule has 0 spiro atoms. The van der Waals surface area contributed by atoms with Crippen LogP contribution in [0.15, 0.2) is 60.2 Å². The van der Waals surface area contributed by atoms with E-state index < -0.39 is 51.1 Å². The molecule has 2 saturated heterocycles. The molecule has 3 fully saturated rings. The van der Waals surface area contributed by atoms with Gasteiger partial charge in [-0.25, -0.2) is 0 Å². The van der Waals surface area contributed by atoms with Crippen LogP contribution in [0, 0.1) is 17.8 Å². The molecule has 0 bridgehead atoms. The van der Waals surface area contributed by atoms with Gasteiger partial charge >= 0.3 is 0 Å². The van der Waals surface area contributed by atoms with E-state index in [1.165, 1.54) is 18.1 Å². The van der Waals surface area contributed by atoms with Gasteiger partial charge in [0.2, 0.25) is 11.8 Å². The van der Waals surface area contributed by atoms with Crippen LogP contribution in [0.3, 0.4) is 0 Å². The number of carbonyl (C=O) groups excluding carboxylic acids is 4. The number of methoxy groups -OCH3 is 1. The number of nitrogens with zero attached hydrogens (tertiary/aromatic N) is 2. The number of alkyl halides is 3. The SMILES string of the molecule is COc1ccc(O)c([C@H]2C3=CC[C@@H]4C(=O)N(c5ccccc5)C(=O)[C@@H]4[C@@H]3C[C@@]3(Cl)C(=O)N(CBr)C(=O)[C@@]23Cl)c1. The third-order valence-corrected chi connectivity index (χ3v) is 10.5. The number of hydrogen-bond acceptors (Lipinski definition) is 6. The summed E-state index contributed by atoms with van der Waals surface area (Å²) in [5.74, 6) is -5.09. The lowest BCUT2D eigenvalue weighted by Crippen LogP contribution is -2.60. The molecule has 11 heteroatoms. The molecule has 2 aromatic rings. The van der Waals surface area contributed by atoms with Crippen molar-refractivity contribution in [3.63, 3.8) is 0 Å². The van der Waals surface area contributed by atoms with Crippen molar-refractivity contribution in [2.24, 2.45) is 17.8 Å². The normalized spacial score (nSPS) is 33.6. The summed E-state index contributed by atoms with van der Waals surface area (Å²) in [5, 5.41) is 11.0. The minimum Gasteiger partial charge on any atom is -0.508 e. The smallest absolute Gasteiger partial charge is 0.254 e. The summed E-state index contributed by atoms with van der Waals surface area (Å²) >= 11 is 17.6. The zero-order valence-electron chi connectivity index (χ0n) is 20.6. The fourth-order valence-electron chi connectivity index (χ4n) is 6.82. The number of amides is 4. The van der Waals surface area contributed by atoms with E-state index in [-0.39, 0.29) is 35.5 Å². The van der Waals surface area contributed by atoms with E-state index in [9.17, 15) is 24.3 Å². The Balaban J connectivity index is 1.55. The molecule has 2 aromatic carbocycles. The van der Waals surface area contributed by atoms with Crippen LogP contribution in [-0.4, -0.2) is 55.9 Å². The van der Waals surface area contributed by atoms with Crippen molar-refractivity contribution in [3.05, 3.63) is 65.7 Å². The monoisotopic (exact) mass is 632 g/mol. The molecule has 2 aliphatic heterocycles. The van der Waals surface area contributed by atoms with Crippen molar-refractivity contribution in [2.45, 2.75) is 28.5 Å². The van der Waals surface area contributed by atoms with Crippen molar-refractivity contribution in [1.82, 2.24) is 4.90 Å². The number of phenols is 1. The van der Waals surface area contributed by atoms with E-state index in [1.54, 1.807) is 42.5 Å². The fraction of sp³-hybridized carbons (Fsp3) is 0.357. The second-order valence-corrected chi connectivity index (χ2v) is 12.0. The Labute approximate surface area is 242 Å². The molecule has 1 N–H and O–H groups in total. The lowest BCUT2D eigenvalue weighted by atomic mass is 9.56. The molecule has 202 valence electrons. The van der Waals surface area contributed by atoms with Gasteiger partial charge in [0.05, 0.1) is 30.1 Å². The number of para-hydroxylation sites is 1. The van der Waals surface area contributed by atoms with E-state index in [0.29, 0.717) is 17.0 Å². The van der Waals surface area contributed by atoms with Gasteiger partial charge in [0, 0.05) is 11.5 Å². The van der Waals surface area contributed by atoms with Gasteiger partial charge in [-0.3, -0.25) is 29.0 Å². The summed E-state index contributed by atoms with van der Waals surface area (Å²) in [7, 11) is 1.46. The lowest BCUT2D eigenvalue weighted by molar-refractivity contribution is -0.138. The molecule has 4 aliphatic rings. The quantitative estimate of drug-likeness (QED) is 0.233. The van der Waals surface area contributed by atoms with Crippen molar-refractivity contribution < 1.29 is 29.0 Å². The van der Waals surface area contributed by atoms with E-state index in [1.807, 2.05) is 6.08 Å². The number of phenolic OH excluding ortho intramolecular Hbond substituents is 1. The maximum absolute atomic E-state index is 13.9. The summed E-state index contributed by atoms with van der Waals surface area (Å²) in [6.45, 7) is 0. The molecule has 2 aliphatic carbocycles. The Bertz CT molecular complexity index is 1470. The highest BCUT2D eigenvalue weighted by Crippen LogP contribution is 2.66. The topological polar surface area (TPSA) is 104 Å². The van der Waals surface area contributed by atoms with Crippen LogP contribution in [0.2, 0.25) is 0 Å². The molecular formula is C28H23BrCl2N2O6. The molecule has 8 nitrogen and oxygen atoms in total. The Kier molecular flexibility index (Phi) is 6.13. The zero-order valence-corrected chi connectivity index (χ0v) is 23.7. The van der Waals surface area contributed by atoms with Crippen molar-refractivity contribution >= 4 is 68.4 Å². The van der Waals surface area contributed by atoms with Gasteiger partial charge in [-0.1, -0.05) is 45.8 Å². The number of halogens is 3. The maximum atomic E-state index is 13.9. The first-order chi connectivity index (χ1) is 18.6. The Morgan fingerprint density at radius 1 is 1.03 bits per heavy atom.